The third-order valence-corrected chi connectivity index (χ3v) is 6.41. The molecule has 0 N–H and O–H groups in total. The smallest absolute Gasteiger partial charge is 0.336 e. The SMILES string of the molecule is CCN1C(=O)[C@]2(C(C(=O)OC)=CSC2=Nc2ccccc2)c2cc(Br)ccc21. The minimum absolute atomic E-state index is 0.181. The fourth-order valence-corrected chi connectivity index (χ4v) is 5.21. The second-order valence-electron chi connectivity index (χ2n) is 6.35. The molecule has 0 aromatic heterocycles. The van der Waals surface area contributed by atoms with E-state index >= 15 is 0 Å². The molecule has 1 atom stereocenters. The van der Waals surface area contributed by atoms with Gasteiger partial charge in [-0.2, -0.15) is 0 Å². The molecule has 142 valence electrons. The molecule has 0 fully saturated rings. The molecule has 1 spiro atoms. The fraction of sp³-hybridized carbons (Fsp3) is 0.190. The first-order chi connectivity index (χ1) is 13.5. The summed E-state index contributed by atoms with van der Waals surface area (Å²) >= 11 is 4.80. The van der Waals surface area contributed by atoms with Crippen molar-refractivity contribution < 1.29 is 14.3 Å². The van der Waals surface area contributed by atoms with Crippen LogP contribution in [-0.4, -0.2) is 30.6 Å². The lowest BCUT2D eigenvalue weighted by Crippen LogP contribution is -2.46. The van der Waals surface area contributed by atoms with E-state index < -0.39 is 11.4 Å². The molecule has 0 bridgehead atoms. The van der Waals surface area contributed by atoms with Crippen LogP contribution in [0.25, 0.3) is 0 Å². The number of fused-ring (bicyclic) bond motifs is 2. The van der Waals surface area contributed by atoms with Crippen LogP contribution in [0.4, 0.5) is 11.4 Å². The summed E-state index contributed by atoms with van der Waals surface area (Å²) in [7, 11) is 1.33. The lowest BCUT2D eigenvalue weighted by molar-refractivity contribution is -0.137. The molecular weight excluding hydrogens is 440 g/mol. The summed E-state index contributed by atoms with van der Waals surface area (Å²) < 4.78 is 5.85. The monoisotopic (exact) mass is 456 g/mol. The fourth-order valence-electron chi connectivity index (χ4n) is 3.70. The number of thioether (sulfide) groups is 1. The van der Waals surface area contributed by atoms with Crippen LogP contribution in [0.1, 0.15) is 12.5 Å². The number of methoxy groups -OCH3 is 1. The Morgan fingerprint density at radius 3 is 2.68 bits per heavy atom. The van der Waals surface area contributed by atoms with Crippen LogP contribution in [0.15, 0.2) is 69.0 Å². The Labute approximate surface area is 175 Å². The number of esters is 1. The lowest BCUT2D eigenvalue weighted by Gasteiger charge is -2.26. The molecule has 0 radical (unpaired) electrons. The van der Waals surface area contributed by atoms with Gasteiger partial charge < -0.3 is 9.64 Å². The number of hydrogen-bond acceptors (Lipinski definition) is 5. The molecule has 28 heavy (non-hydrogen) atoms. The van der Waals surface area contributed by atoms with Gasteiger partial charge in [-0.15, -0.1) is 0 Å². The summed E-state index contributed by atoms with van der Waals surface area (Å²) in [5, 5.41) is 2.24. The molecule has 1 amide bonds. The molecule has 2 heterocycles. The average molecular weight is 457 g/mol. The Bertz CT molecular complexity index is 1040. The Morgan fingerprint density at radius 2 is 2.00 bits per heavy atom. The van der Waals surface area contributed by atoms with Crippen molar-refractivity contribution in [3.05, 3.63) is 69.5 Å². The van der Waals surface area contributed by atoms with Gasteiger partial charge in [0.15, 0.2) is 5.41 Å². The van der Waals surface area contributed by atoms with E-state index in [1.54, 1.807) is 10.3 Å². The van der Waals surface area contributed by atoms with Gasteiger partial charge in [-0.05, 0) is 42.7 Å². The molecule has 0 saturated carbocycles. The van der Waals surface area contributed by atoms with Crippen molar-refractivity contribution in [1.82, 2.24) is 0 Å². The number of likely N-dealkylation sites (N-methyl/N-ethyl adjacent to an activating group) is 1. The number of anilines is 1. The molecule has 5 nitrogen and oxygen atoms in total. The lowest BCUT2D eigenvalue weighted by atomic mass is 9.76. The van der Waals surface area contributed by atoms with Gasteiger partial charge in [-0.1, -0.05) is 45.9 Å². The largest absolute Gasteiger partial charge is 0.466 e. The molecule has 4 rings (SSSR count). The van der Waals surface area contributed by atoms with E-state index in [-0.39, 0.29) is 5.91 Å². The number of nitrogens with zero attached hydrogens (tertiary/aromatic N) is 2. The first-order valence-corrected chi connectivity index (χ1v) is 10.4. The van der Waals surface area contributed by atoms with Crippen molar-refractivity contribution in [3.63, 3.8) is 0 Å². The summed E-state index contributed by atoms with van der Waals surface area (Å²) in [6, 6.07) is 15.1. The Morgan fingerprint density at radius 1 is 1.25 bits per heavy atom. The molecule has 0 aliphatic carbocycles. The maximum Gasteiger partial charge on any atom is 0.336 e. The number of hydrogen-bond donors (Lipinski definition) is 0. The van der Waals surface area contributed by atoms with E-state index in [9.17, 15) is 9.59 Å². The number of carbonyl (C=O) groups excluding carboxylic acids is 2. The van der Waals surface area contributed by atoms with Crippen molar-refractivity contribution in [2.45, 2.75) is 12.3 Å². The summed E-state index contributed by atoms with van der Waals surface area (Å²) in [6.45, 7) is 2.41. The van der Waals surface area contributed by atoms with Crippen LogP contribution in [0, 0.1) is 0 Å². The van der Waals surface area contributed by atoms with Gasteiger partial charge in [-0.3, -0.25) is 4.79 Å². The predicted molar refractivity (Wildman–Crippen MR) is 115 cm³/mol. The van der Waals surface area contributed by atoms with Crippen LogP contribution in [0.3, 0.4) is 0 Å². The maximum absolute atomic E-state index is 13.7. The van der Waals surface area contributed by atoms with Crippen molar-refractivity contribution in [2.75, 3.05) is 18.6 Å². The number of rotatable bonds is 3. The molecule has 2 aliphatic rings. The van der Waals surface area contributed by atoms with E-state index in [0.29, 0.717) is 17.2 Å². The third-order valence-electron chi connectivity index (χ3n) is 4.94. The zero-order valence-electron chi connectivity index (χ0n) is 15.3. The second kappa shape index (κ2) is 7.22. The molecule has 0 saturated heterocycles. The minimum Gasteiger partial charge on any atom is -0.466 e. The van der Waals surface area contributed by atoms with Gasteiger partial charge in [0.2, 0.25) is 5.91 Å². The number of aliphatic imine (C=N–C) groups is 1. The summed E-state index contributed by atoms with van der Waals surface area (Å²) in [4.78, 5) is 32.9. The number of amides is 1. The highest BCUT2D eigenvalue weighted by atomic mass is 79.9. The summed E-state index contributed by atoms with van der Waals surface area (Å²) in [5.74, 6) is -0.706. The normalized spacial score (nSPS) is 22.0. The Kier molecular flexibility index (Phi) is 4.89. The van der Waals surface area contributed by atoms with E-state index in [2.05, 4.69) is 15.9 Å². The standard InChI is InChI=1S/C21H17BrN2O3S/c1-3-24-17-10-9-13(22)11-15(17)21(20(24)26)16(18(25)27-2)12-28-19(21)23-14-7-5-4-6-8-14/h4-12H,3H2,1-2H3/t21-/m0/s1. The number of carbonyl (C=O) groups is 2. The van der Waals surface area contributed by atoms with Crippen LogP contribution >= 0.6 is 27.7 Å². The van der Waals surface area contributed by atoms with Crippen LogP contribution in [0.2, 0.25) is 0 Å². The third kappa shape index (κ3) is 2.64. The van der Waals surface area contributed by atoms with Gasteiger partial charge in [0.25, 0.3) is 0 Å². The van der Waals surface area contributed by atoms with Gasteiger partial charge >= 0.3 is 5.97 Å². The highest BCUT2D eigenvalue weighted by Crippen LogP contribution is 2.54. The van der Waals surface area contributed by atoms with Crippen molar-refractivity contribution >= 4 is 56.0 Å². The van der Waals surface area contributed by atoms with E-state index in [1.165, 1.54) is 18.9 Å². The quantitative estimate of drug-likeness (QED) is 0.633. The number of ether oxygens (including phenoxy) is 1. The first-order valence-electron chi connectivity index (χ1n) is 8.75. The zero-order chi connectivity index (χ0) is 19.9. The molecule has 2 aromatic carbocycles. The highest BCUT2D eigenvalue weighted by Gasteiger charge is 2.61. The van der Waals surface area contributed by atoms with Crippen molar-refractivity contribution in [2.24, 2.45) is 4.99 Å². The topological polar surface area (TPSA) is 59.0 Å². The summed E-state index contributed by atoms with van der Waals surface area (Å²) in [6.07, 6.45) is 0. The maximum atomic E-state index is 13.7. The summed E-state index contributed by atoms with van der Waals surface area (Å²) in [5.41, 5.74) is 1.26. The van der Waals surface area contributed by atoms with Crippen LogP contribution < -0.4 is 4.90 Å². The second-order valence-corrected chi connectivity index (χ2v) is 8.13. The van der Waals surface area contributed by atoms with Gasteiger partial charge in [0, 0.05) is 22.3 Å². The number of halogens is 1. The molecule has 2 aliphatic heterocycles. The van der Waals surface area contributed by atoms with Crippen molar-refractivity contribution in [1.29, 1.82) is 0 Å². The van der Waals surface area contributed by atoms with E-state index in [1.807, 2.05) is 55.5 Å². The average Bonchev–Trinajstić information content (AvgIpc) is 3.19. The van der Waals surface area contributed by atoms with Crippen molar-refractivity contribution in [3.8, 4) is 0 Å². The predicted octanol–water partition coefficient (Wildman–Crippen LogP) is 4.59. The van der Waals surface area contributed by atoms with Gasteiger partial charge in [0.05, 0.1) is 18.4 Å². The zero-order valence-corrected chi connectivity index (χ0v) is 17.7. The molecule has 7 heteroatoms. The highest BCUT2D eigenvalue weighted by molar-refractivity contribution is 9.10. The first kappa shape index (κ1) is 19.0. The van der Waals surface area contributed by atoms with Gasteiger partial charge in [-0.25, -0.2) is 9.79 Å². The Hall–Kier alpha value is -2.38. The minimum atomic E-state index is -1.29. The van der Waals surface area contributed by atoms with Crippen LogP contribution in [-0.2, 0) is 19.7 Å². The Balaban J connectivity index is 2.02. The number of benzene rings is 2. The molecular formula is C21H17BrN2O3S. The van der Waals surface area contributed by atoms with Gasteiger partial charge in [0.1, 0.15) is 5.04 Å². The van der Waals surface area contributed by atoms with Crippen LogP contribution in [0.5, 0.6) is 0 Å². The van der Waals surface area contributed by atoms with E-state index in [4.69, 9.17) is 9.73 Å². The number of para-hydroxylation sites is 1. The van der Waals surface area contributed by atoms with E-state index in [0.717, 1.165) is 21.4 Å². The molecule has 2 aromatic rings. The molecule has 0 unspecified atom stereocenters.